The maximum absolute atomic E-state index is 5.48. The second-order valence-corrected chi connectivity index (χ2v) is 4.69. The number of rotatable bonds is 11. The third kappa shape index (κ3) is 10.4. The monoisotopic (exact) mass is 230 g/mol. The van der Waals surface area contributed by atoms with E-state index in [1.807, 2.05) is 0 Å². The summed E-state index contributed by atoms with van der Waals surface area (Å²) in [5, 5.41) is 3.43. The van der Waals surface area contributed by atoms with Crippen molar-refractivity contribution in [2.45, 2.75) is 26.2 Å². The molecule has 0 saturated heterocycles. The molecule has 5 N–H and O–H groups in total. The van der Waals surface area contributed by atoms with Crippen LogP contribution in [0.5, 0.6) is 0 Å². The van der Waals surface area contributed by atoms with Crippen LogP contribution in [-0.2, 0) is 0 Å². The molecule has 0 amide bonds. The molecule has 0 radical (unpaired) electrons. The summed E-state index contributed by atoms with van der Waals surface area (Å²) in [4.78, 5) is 2.36. The highest BCUT2D eigenvalue weighted by Crippen LogP contribution is 2.01. The quantitative estimate of drug-likeness (QED) is 0.445. The normalized spacial score (nSPS) is 13.3. The van der Waals surface area contributed by atoms with Crippen LogP contribution < -0.4 is 16.8 Å². The van der Waals surface area contributed by atoms with Gasteiger partial charge in [0, 0.05) is 0 Å². The molecule has 0 aromatic heterocycles. The Labute approximate surface area is 101 Å². The summed E-state index contributed by atoms with van der Waals surface area (Å²) < 4.78 is 0. The Morgan fingerprint density at radius 1 is 1.12 bits per heavy atom. The number of nitrogens with two attached hydrogens (primary N) is 2. The Morgan fingerprint density at radius 3 is 2.44 bits per heavy atom. The van der Waals surface area contributed by atoms with E-state index < -0.39 is 0 Å². The van der Waals surface area contributed by atoms with Gasteiger partial charge in [0.25, 0.3) is 0 Å². The molecule has 4 heteroatoms. The van der Waals surface area contributed by atoms with Crippen molar-refractivity contribution < 1.29 is 0 Å². The molecular formula is C12H30N4. The van der Waals surface area contributed by atoms with Crippen LogP contribution in [0.15, 0.2) is 0 Å². The van der Waals surface area contributed by atoms with Gasteiger partial charge in [0.15, 0.2) is 0 Å². The zero-order chi connectivity index (χ0) is 12.2. The third-order valence-electron chi connectivity index (χ3n) is 2.80. The lowest BCUT2D eigenvalue weighted by atomic mass is 10.1. The first-order chi connectivity index (χ1) is 7.70. The zero-order valence-electron chi connectivity index (χ0n) is 11.0. The van der Waals surface area contributed by atoms with Gasteiger partial charge in [-0.05, 0) is 71.5 Å². The average molecular weight is 230 g/mol. The largest absolute Gasteiger partial charge is 0.330 e. The van der Waals surface area contributed by atoms with Gasteiger partial charge >= 0.3 is 0 Å². The number of nitrogens with zero attached hydrogens (tertiary/aromatic N) is 1. The van der Waals surface area contributed by atoms with Crippen LogP contribution in [0, 0.1) is 5.92 Å². The summed E-state index contributed by atoms with van der Waals surface area (Å²) in [6.07, 6.45) is 3.42. The number of nitrogens with one attached hydrogen (secondary N) is 1. The SMILES string of the molecule is CC(CCN(C)CCCN)CNCCCN. The van der Waals surface area contributed by atoms with Crippen molar-refractivity contribution in [2.24, 2.45) is 17.4 Å². The third-order valence-corrected chi connectivity index (χ3v) is 2.80. The van der Waals surface area contributed by atoms with Gasteiger partial charge in [-0.25, -0.2) is 0 Å². The minimum Gasteiger partial charge on any atom is -0.330 e. The van der Waals surface area contributed by atoms with Crippen LogP contribution in [0.3, 0.4) is 0 Å². The van der Waals surface area contributed by atoms with Gasteiger partial charge in [0.1, 0.15) is 0 Å². The number of hydrogen-bond donors (Lipinski definition) is 3. The van der Waals surface area contributed by atoms with E-state index in [0.29, 0.717) is 0 Å². The maximum atomic E-state index is 5.48. The van der Waals surface area contributed by atoms with Crippen LogP contribution >= 0.6 is 0 Å². The van der Waals surface area contributed by atoms with Crippen molar-refractivity contribution in [1.82, 2.24) is 10.2 Å². The zero-order valence-corrected chi connectivity index (χ0v) is 11.0. The molecule has 0 rings (SSSR count). The Hall–Kier alpha value is -0.160. The molecular weight excluding hydrogens is 200 g/mol. The van der Waals surface area contributed by atoms with Crippen LogP contribution in [0.25, 0.3) is 0 Å². The first-order valence-electron chi connectivity index (χ1n) is 6.50. The standard InChI is InChI=1S/C12H30N4/c1-12(11-15-8-3-6-13)5-10-16(2)9-4-7-14/h12,15H,3-11,13-14H2,1-2H3. The van der Waals surface area contributed by atoms with Crippen molar-refractivity contribution in [1.29, 1.82) is 0 Å². The molecule has 0 aliphatic rings. The fraction of sp³-hybridized carbons (Fsp3) is 1.00. The first-order valence-corrected chi connectivity index (χ1v) is 6.50. The molecule has 0 fully saturated rings. The lowest BCUT2D eigenvalue weighted by Crippen LogP contribution is -2.28. The van der Waals surface area contributed by atoms with Crippen molar-refractivity contribution in [3.05, 3.63) is 0 Å². The molecule has 1 unspecified atom stereocenters. The van der Waals surface area contributed by atoms with Gasteiger partial charge < -0.3 is 21.7 Å². The topological polar surface area (TPSA) is 67.3 Å². The van der Waals surface area contributed by atoms with Gasteiger partial charge in [-0.3, -0.25) is 0 Å². The fourth-order valence-electron chi connectivity index (χ4n) is 1.59. The average Bonchev–Trinajstić information content (AvgIpc) is 2.29. The molecule has 0 bridgehead atoms. The molecule has 0 heterocycles. The van der Waals surface area contributed by atoms with Crippen molar-refractivity contribution in [2.75, 3.05) is 46.3 Å². The molecule has 0 aromatic carbocycles. The Bertz CT molecular complexity index is 141. The highest BCUT2D eigenvalue weighted by molar-refractivity contribution is 4.61. The Morgan fingerprint density at radius 2 is 1.81 bits per heavy atom. The second-order valence-electron chi connectivity index (χ2n) is 4.69. The van der Waals surface area contributed by atoms with E-state index in [1.54, 1.807) is 0 Å². The summed E-state index contributed by atoms with van der Waals surface area (Å²) >= 11 is 0. The van der Waals surface area contributed by atoms with Crippen LogP contribution in [0.1, 0.15) is 26.2 Å². The van der Waals surface area contributed by atoms with Crippen molar-refractivity contribution in [3.63, 3.8) is 0 Å². The molecule has 4 nitrogen and oxygen atoms in total. The molecule has 0 aliphatic heterocycles. The molecule has 1 atom stereocenters. The maximum Gasteiger partial charge on any atom is -0.000977 e. The minimum atomic E-state index is 0.734. The number of hydrogen-bond acceptors (Lipinski definition) is 4. The Balaban J connectivity index is 3.31. The molecule has 0 aliphatic carbocycles. The fourth-order valence-corrected chi connectivity index (χ4v) is 1.59. The van der Waals surface area contributed by atoms with E-state index in [2.05, 4.69) is 24.2 Å². The molecule has 0 aromatic rings. The lowest BCUT2D eigenvalue weighted by molar-refractivity contribution is 0.300. The summed E-state index contributed by atoms with van der Waals surface area (Å²) in [6.45, 7) is 8.30. The second kappa shape index (κ2) is 11.3. The van der Waals surface area contributed by atoms with Crippen LogP contribution in [0.2, 0.25) is 0 Å². The van der Waals surface area contributed by atoms with Crippen LogP contribution in [-0.4, -0.2) is 51.2 Å². The molecule has 16 heavy (non-hydrogen) atoms. The minimum absolute atomic E-state index is 0.734. The van der Waals surface area contributed by atoms with Gasteiger partial charge in [-0.1, -0.05) is 6.92 Å². The summed E-state index contributed by atoms with van der Waals surface area (Å²) in [5.74, 6) is 0.734. The Kier molecular flexibility index (Phi) is 11.2. The smallest absolute Gasteiger partial charge is 0.000977 e. The highest BCUT2D eigenvalue weighted by atomic mass is 15.1. The summed E-state index contributed by atoms with van der Waals surface area (Å²) in [5.41, 5.74) is 10.9. The van der Waals surface area contributed by atoms with E-state index in [-0.39, 0.29) is 0 Å². The summed E-state index contributed by atoms with van der Waals surface area (Å²) in [7, 11) is 2.17. The van der Waals surface area contributed by atoms with Crippen molar-refractivity contribution in [3.8, 4) is 0 Å². The van der Waals surface area contributed by atoms with Gasteiger partial charge in [-0.15, -0.1) is 0 Å². The van der Waals surface area contributed by atoms with Gasteiger partial charge in [0.2, 0.25) is 0 Å². The lowest BCUT2D eigenvalue weighted by Gasteiger charge is -2.19. The molecule has 0 spiro atoms. The predicted octanol–water partition coefficient (Wildman–Crippen LogP) is 0.232. The molecule has 98 valence electrons. The highest BCUT2D eigenvalue weighted by Gasteiger charge is 2.03. The van der Waals surface area contributed by atoms with E-state index in [4.69, 9.17) is 11.5 Å². The van der Waals surface area contributed by atoms with Gasteiger partial charge in [-0.2, -0.15) is 0 Å². The van der Waals surface area contributed by atoms with E-state index in [9.17, 15) is 0 Å². The van der Waals surface area contributed by atoms with Crippen molar-refractivity contribution >= 4 is 0 Å². The van der Waals surface area contributed by atoms with E-state index in [1.165, 1.54) is 13.0 Å². The predicted molar refractivity (Wildman–Crippen MR) is 71.5 cm³/mol. The first kappa shape index (κ1) is 15.8. The van der Waals surface area contributed by atoms with Crippen LogP contribution in [0.4, 0.5) is 0 Å². The summed E-state index contributed by atoms with van der Waals surface area (Å²) in [6, 6.07) is 0. The van der Waals surface area contributed by atoms with E-state index in [0.717, 1.165) is 51.5 Å². The van der Waals surface area contributed by atoms with Gasteiger partial charge in [0.05, 0.1) is 0 Å². The van der Waals surface area contributed by atoms with E-state index >= 15 is 0 Å². The molecule has 0 saturated carbocycles.